The third kappa shape index (κ3) is 3.47. The number of rotatable bonds is 4. The molecule has 1 N–H and O–H groups in total. The van der Waals surface area contributed by atoms with Crippen LogP contribution in [0.15, 0.2) is 0 Å². The largest absolute Gasteiger partial charge is 0.342 e. The maximum Gasteiger partial charge on any atom is 0.246 e. The van der Waals surface area contributed by atoms with Gasteiger partial charge in [-0.1, -0.05) is 13.8 Å². The minimum Gasteiger partial charge on any atom is -0.342 e. The fourth-order valence-electron chi connectivity index (χ4n) is 2.68. The average molecular weight is 299 g/mol. The third-order valence-corrected chi connectivity index (χ3v) is 5.06. The van der Waals surface area contributed by atoms with E-state index in [0.29, 0.717) is 6.54 Å². The molecular formula is C14H25N3O2S. The van der Waals surface area contributed by atoms with Crippen molar-refractivity contribution in [3.05, 3.63) is 0 Å². The summed E-state index contributed by atoms with van der Waals surface area (Å²) in [5.41, 5.74) is 0. The Morgan fingerprint density at radius 1 is 1.25 bits per heavy atom. The molecule has 114 valence electrons. The second kappa shape index (κ2) is 6.80. The first-order valence-electron chi connectivity index (χ1n) is 7.41. The molecule has 20 heavy (non-hydrogen) atoms. The van der Waals surface area contributed by atoms with E-state index in [9.17, 15) is 9.59 Å². The molecular weight excluding hydrogens is 274 g/mol. The first-order valence-corrected chi connectivity index (χ1v) is 8.57. The highest BCUT2D eigenvalue weighted by Crippen LogP contribution is 2.16. The van der Waals surface area contributed by atoms with Crippen LogP contribution in [0.1, 0.15) is 20.8 Å². The molecule has 0 radical (unpaired) electrons. The van der Waals surface area contributed by atoms with Gasteiger partial charge in [-0.3, -0.25) is 14.5 Å². The Morgan fingerprint density at radius 2 is 1.90 bits per heavy atom. The van der Waals surface area contributed by atoms with Crippen LogP contribution in [0.4, 0.5) is 0 Å². The highest BCUT2D eigenvalue weighted by molar-refractivity contribution is 7.99. The molecule has 2 aliphatic rings. The minimum absolute atomic E-state index is 0.0301. The van der Waals surface area contributed by atoms with Gasteiger partial charge in [0, 0.05) is 37.7 Å². The standard InChI is InChI=1S/C14H25N3O2S/c1-10(2)12-14(19)17(11(3)13(18)15-12)5-4-16-6-8-20-9-7-16/h10-12H,4-9H2,1-3H3,(H,15,18). The summed E-state index contributed by atoms with van der Waals surface area (Å²) < 4.78 is 0. The van der Waals surface area contributed by atoms with Crippen LogP contribution in [-0.2, 0) is 9.59 Å². The van der Waals surface area contributed by atoms with E-state index >= 15 is 0 Å². The van der Waals surface area contributed by atoms with Gasteiger partial charge in [-0.05, 0) is 12.8 Å². The van der Waals surface area contributed by atoms with Crippen molar-refractivity contribution < 1.29 is 9.59 Å². The average Bonchev–Trinajstić information content (AvgIpc) is 2.43. The first kappa shape index (κ1) is 15.6. The van der Waals surface area contributed by atoms with Crippen LogP contribution in [0, 0.1) is 5.92 Å². The summed E-state index contributed by atoms with van der Waals surface area (Å²) in [5.74, 6) is 2.50. The van der Waals surface area contributed by atoms with Crippen molar-refractivity contribution in [3.63, 3.8) is 0 Å². The van der Waals surface area contributed by atoms with Gasteiger partial charge in [0.05, 0.1) is 0 Å². The number of nitrogens with one attached hydrogen (secondary N) is 1. The number of carbonyl (C=O) groups is 2. The Kier molecular flexibility index (Phi) is 5.32. The zero-order valence-electron chi connectivity index (χ0n) is 12.6. The van der Waals surface area contributed by atoms with E-state index in [0.717, 1.165) is 19.6 Å². The zero-order valence-corrected chi connectivity index (χ0v) is 13.4. The van der Waals surface area contributed by atoms with E-state index < -0.39 is 0 Å². The predicted octanol–water partition coefficient (Wildman–Crippen LogP) is 0.407. The molecule has 2 heterocycles. The summed E-state index contributed by atoms with van der Waals surface area (Å²) >= 11 is 1.98. The molecule has 2 amide bonds. The number of piperazine rings is 1. The summed E-state index contributed by atoms with van der Waals surface area (Å²) in [5, 5.41) is 2.84. The van der Waals surface area contributed by atoms with E-state index in [4.69, 9.17) is 0 Å². The summed E-state index contributed by atoms with van der Waals surface area (Å²) in [6.45, 7) is 9.45. The van der Waals surface area contributed by atoms with Crippen LogP contribution in [0.3, 0.4) is 0 Å². The van der Waals surface area contributed by atoms with Crippen LogP contribution in [0.2, 0.25) is 0 Å². The quantitative estimate of drug-likeness (QED) is 0.817. The van der Waals surface area contributed by atoms with Crippen molar-refractivity contribution in [1.82, 2.24) is 15.1 Å². The zero-order chi connectivity index (χ0) is 14.7. The van der Waals surface area contributed by atoms with E-state index in [1.54, 1.807) is 4.90 Å². The lowest BCUT2D eigenvalue weighted by Gasteiger charge is -2.40. The Bertz CT molecular complexity index is 369. The van der Waals surface area contributed by atoms with Gasteiger partial charge < -0.3 is 10.2 Å². The minimum atomic E-state index is -0.365. The molecule has 0 bridgehead atoms. The molecule has 2 saturated heterocycles. The van der Waals surface area contributed by atoms with Crippen LogP contribution < -0.4 is 5.32 Å². The van der Waals surface area contributed by atoms with Crippen LogP contribution in [0.5, 0.6) is 0 Å². The summed E-state index contributed by atoms with van der Waals surface area (Å²) in [4.78, 5) is 28.6. The second-order valence-electron chi connectivity index (χ2n) is 5.89. The fraction of sp³-hybridized carbons (Fsp3) is 0.857. The summed E-state index contributed by atoms with van der Waals surface area (Å²) in [6.07, 6.45) is 0. The fourth-order valence-corrected chi connectivity index (χ4v) is 3.65. The van der Waals surface area contributed by atoms with E-state index in [2.05, 4.69) is 10.2 Å². The Labute approximate surface area is 125 Å². The number of nitrogens with zero attached hydrogens (tertiary/aromatic N) is 2. The summed E-state index contributed by atoms with van der Waals surface area (Å²) in [7, 11) is 0. The van der Waals surface area contributed by atoms with Gasteiger partial charge in [-0.2, -0.15) is 11.8 Å². The molecule has 0 aromatic carbocycles. The SMILES string of the molecule is CC(C)C1NC(=O)C(C)N(CCN2CCSCC2)C1=O. The van der Waals surface area contributed by atoms with Crippen molar-refractivity contribution in [1.29, 1.82) is 0 Å². The van der Waals surface area contributed by atoms with Crippen LogP contribution >= 0.6 is 11.8 Å². The molecule has 0 spiro atoms. The maximum atomic E-state index is 12.5. The normalized spacial score (nSPS) is 28.9. The van der Waals surface area contributed by atoms with Gasteiger partial charge in [-0.15, -0.1) is 0 Å². The highest BCUT2D eigenvalue weighted by atomic mass is 32.2. The molecule has 2 aliphatic heterocycles. The Morgan fingerprint density at radius 3 is 2.50 bits per heavy atom. The molecule has 0 saturated carbocycles. The first-order chi connectivity index (χ1) is 9.50. The second-order valence-corrected chi connectivity index (χ2v) is 7.12. The van der Waals surface area contributed by atoms with Gasteiger partial charge in [0.25, 0.3) is 0 Å². The molecule has 0 aliphatic carbocycles. The van der Waals surface area contributed by atoms with Gasteiger partial charge in [-0.25, -0.2) is 0 Å². The maximum absolute atomic E-state index is 12.5. The lowest BCUT2D eigenvalue weighted by molar-refractivity contribution is -0.150. The van der Waals surface area contributed by atoms with E-state index in [-0.39, 0.29) is 29.8 Å². The molecule has 0 aromatic rings. The van der Waals surface area contributed by atoms with E-state index in [1.807, 2.05) is 32.5 Å². The number of amides is 2. The topological polar surface area (TPSA) is 52.7 Å². The number of thioether (sulfide) groups is 1. The molecule has 2 fully saturated rings. The van der Waals surface area contributed by atoms with Gasteiger partial charge >= 0.3 is 0 Å². The van der Waals surface area contributed by atoms with Crippen molar-refractivity contribution in [2.75, 3.05) is 37.7 Å². The Hall–Kier alpha value is -0.750. The van der Waals surface area contributed by atoms with Crippen molar-refractivity contribution in [2.24, 2.45) is 5.92 Å². The highest BCUT2D eigenvalue weighted by Gasteiger charge is 2.39. The molecule has 2 unspecified atom stereocenters. The lowest BCUT2D eigenvalue weighted by atomic mass is 9.98. The van der Waals surface area contributed by atoms with Crippen LogP contribution in [0.25, 0.3) is 0 Å². The van der Waals surface area contributed by atoms with Gasteiger partial charge in [0.15, 0.2) is 0 Å². The van der Waals surface area contributed by atoms with Crippen LogP contribution in [-0.4, -0.2) is 71.4 Å². The predicted molar refractivity (Wildman–Crippen MR) is 81.7 cm³/mol. The van der Waals surface area contributed by atoms with Crippen molar-refractivity contribution >= 4 is 23.6 Å². The number of carbonyl (C=O) groups excluding carboxylic acids is 2. The number of hydrogen-bond acceptors (Lipinski definition) is 4. The smallest absolute Gasteiger partial charge is 0.246 e. The molecule has 2 rings (SSSR count). The molecule has 2 atom stereocenters. The van der Waals surface area contributed by atoms with E-state index in [1.165, 1.54) is 11.5 Å². The monoisotopic (exact) mass is 299 g/mol. The van der Waals surface area contributed by atoms with Gasteiger partial charge in [0.2, 0.25) is 11.8 Å². The Balaban J connectivity index is 1.95. The third-order valence-electron chi connectivity index (χ3n) is 4.12. The van der Waals surface area contributed by atoms with Gasteiger partial charge in [0.1, 0.15) is 12.1 Å². The molecule has 5 nitrogen and oxygen atoms in total. The molecule has 0 aromatic heterocycles. The lowest BCUT2D eigenvalue weighted by Crippen LogP contribution is -2.64. The number of hydrogen-bond donors (Lipinski definition) is 1. The van der Waals surface area contributed by atoms with Crippen molar-refractivity contribution in [3.8, 4) is 0 Å². The summed E-state index contributed by atoms with van der Waals surface area (Å²) in [6, 6.07) is -0.715. The molecule has 6 heteroatoms. The van der Waals surface area contributed by atoms with Crippen molar-refractivity contribution in [2.45, 2.75) is 32.9 Å².